The normalized spacial score (nSPS) is 10.4. The van der Waals surface area contributed by atoms with Crippen molar-refractivity contribution in [3.63, 3.8) is 0 Å². The van der Waals surface area contributed by atoms with Crippen molar-refractivity contribution < 1.29 is 9.66 Å². The van der Waals surface area contributed by atoms with Gasteiger partial charge in [-0.3, -0.25) is 10.1 Å². The highest BCUT2D eigenvalue weighted by Crippen LogP contribution is 2.36. The molecular formula is C8H6N2O3S. The van der Waals surface area contributed by atoms with Gasteiger partial charge >= 0.3 is 5.69 Å². The first-order valence-electron chi connectivity index (χ1n) is 3.78. The van der Waals surface area contributed by atoms with Gasteiger partial charge in [0.05, 0.1) is 23.1 Å². The van der Waals surface area contributed by atoms with Crippen molar-refractivity contribution in [1.82, 2.24) is 4.98 Å². The highest BCUT2D eigenvalue weighted by molar-refractivity contribution is 7.17. The molecule has 0 amide bonds. The van der Waals surface area contributed by atoms with Gasteiger partial charge in [-0.2, -0.15) is 0 Å². The van der Waals surface area contributed by atoms with E-state index in [9.17, 15) is 10.1 Å². The number of hydrogen-bond acceptors (Lipinski definition) is 5. The van der Waals surface area contributed by atoms with E-state index >= 15 is 0 Å². The second kappa shape index (κ2) is 3.22. The van der Waals surface area contributed by atoms with Gasteiger partial charge in [0.15, 0.2) is 5.75 Å². The molecule has 1 aromatic heterocycles. The molecule has 0 unspecified atom stereocenters. The lowest BCUT2D eigenvalue weighted by atomic mass is 10.3. The molecule has 2 aromatic rings. The van der Waals surface area contributed by atoms with E-state index < -0.39 is 4.92 Å². The van der Waals surface area contributed by atoms with Gasteiger partial charge in [0, 0.05) is 0 Å². The third kappa shape index (κ3) is 1.20. The van der Waals surface area contributed by atoms with Gasteiger partial charge in [-0.05, 0) is 12.1 Å². The summed E-state index contributed by atoms with van der Waals surface area (Å²) in [5.74, 6) is 0.270. The Morgan fingerprint density at radius 2 is 2.36 bits per heavy atom. The number of fused-ring (bicyclic) bond motifs is 1. The van der Waals surface area contributed by atoms with Gasteiger partial charge in [0.1, 0.15) is 4.70 Å². The summed E-state index contributed by atoms with van der Waals surface area (Å²) < 4.78 is 5.47. The molecule has 0 aliphatic heterocycles. The van der Waals surface area contributed by atoms with Crippen molar-refractivity contribution in [2.75, 3.05) is 7.11 Å². The van der Waals surface area contributed by atoms with Crippen LogP contribution < -0.4 is 4.74 Å². The average molecular weight is 210 g/mol. The summed E-state index contributed by atoms with van der Waals surface area (Å²) >= 11 is 1.24. The van der Waals surface area contributed by atoms with E-state index in [1.807, 2.05) is 0 Å². The number of benzene rings is 1. The minimum Gasteiger partial charge on any atom is -0.490 e. The van der Waals surface area contributed by atoms with E-state index in [2.05, 4.69) is 4.98 Å². The van der Waals surface area contributed by atoms with Crippen molar-refractivity contribution >= 4 is 27.2 Å². The Morgan fingerprint density at radius 1 is 1.57 bits per heavy atom. The molecule has 72 valence electrons. The predicted molar refractivity (Wildman–Crippen MR) is 52.8 cm³/mol. The summed E-state index contributed by atoms with van der Waals surface area (Å²) in [7, 11) is 1.41. The lowest BCUT2D eigenvalue weighted by Crippen LogP contribution is -1.93. The minimum absolute atomic E-state index is 0.00694. The van der Waals surface area contributed by atoms with Crippen LogP contribution in [0.15, 0.2) is 17.6 Å². The minimum atomic E-state index is -0.445. The first-order chi connectivity index (χ1) is 6.74. The van der Waals surface area contributed by atoms with E-state index in [1.165, 1.54) is 18.4 Å². The van der Waals surface area contributed by atoms with E-state index in [4.69, 9.17) is 4.74 Å². The monoisotopic (exact) mass is 210 g/mol. The largest absolute Gasteiger partial charge is 0.490 e. The van der Waals surface area contributed by atoms with E-state index in [0.717, 1.165) is 0 Å². The fourth-order valence-corrected chi connectivity index (χ4v) is 2.03. The fourth-order valence-electron chi connectivity index (χ4n) is 1.23. The molecule has 0 atom stereocenters. The zero-order valence-corrected chi connectivity index (χ0v) is 8.08. The number of hydrogen-bond donors (Lipinski definition) is 0. The molecule has 2 rings (SSSR count). The Balaban J connectivity index is 2.82. The molecule has 0 spiro atoms. The molecular weight excluding hydrogens is 204 g/mol. The SMILES string of the molecule is COc1ccc2ncsc2c1[N+](=O)[O-]. The van der Waals surface area contributed by atoms with Crippen LogP contribution in [0, 0.1) is 10.1 Å². The third-order valence-corrected chi connectivity index (χ3v) is 2.69. The highest BCUT2D eigenvalue weighted by Gasteiger charge is 2.20. The van der Waals surface area contributed by atoms with Gasteiger partial charge in [-0.1, -0.05) is 0 Å². The number of nitrogens with zero attached hydrogens (tertiary/aromatic N) is 2. The van der Waals surface area contributed by atoms with Crippen LogP contribution in [0.4, 0.5) is 5.69 Å². The van der Waals surface area contributed by atoms with Gasteiger partial charge in [0.2, 0.25) is 0 Å². The van der Waals surface area contributed by atoms with Crippen LogP contribution in [0.25, 0.3) is 10.2 Å². The zero-order valence-electron chi connectivity index (χ0n) is 7.26. The second-order valence-corrected chi connectivity index (χ2v) is 3.43. The van der Waals surface area contributed by atoms with Gasteiger partial charge < -0.3 is 4.74 Å². The maximum absolute atomic E-state index is 10.8. The van der Waals surface area contributed by atoms with Crippen molar-refractivity contribution in [3.8, 4) is 5.75 Å². The number of aromatic nitrogens is 1. The van der Waals surface area contributed by atoms with Crippen LogP contribution in [0.5, 0.6) is 5.75 Å². The molecule has 0 fully saturated rings. The molecule has 1 heterocycles. The first-order valence-corrected chi connectivity index (χ1v) is 4.66. The Hall–Kier alpha value is -1.69. The molecule has 14 heavy (non-hydrogen) atoms. The number of rotatable bonds is 2. The fraction of sp³-hybridized carbons (Fsp3) is 0.125. The Morgan fingerprint density at radius 3 is 3.00 bits per heavy atom. The maximum Gasteiger partial charge on any atom is 0.330 e. The van der Waals surface area contributed by atoms with Crippen molar-refractivity contribution in [2.45, 2.75) is 0 Å². The molecule has 0 radical (unpaired) electrons. The lowest BCUT2D eigenvalue weighted by Gasteiger charge is -2.00. The third-order valence-electron chi connectivity index (χ3n) is 1.84. The van der Waals surface area contributed by atoms with E-state index in [-0.39, 0.29) is 11.4 Å². The highest BCUT2D eigenvalue weighted by atomic mass is 32.1. The predicted octanol–water partition coefficient (Wildman–Crippen LogP) is 2.21. The number of nitro groups is 1. The molecule has 0 aliphatic carbocycles. The van der Waals surface area contributed by atoms with Crippen molar-refractivity contribution in [1.29, 1.82) is 0 Å². The number of nitro benzene ring substituents is 1. The lowest BCUT2D eigenvalue weighted by molar-refractivity contribution is -0.383. The Kier molecular flexibility index (Phi) is 2.05. The van der Waals surface area contributed by atoms with Crippen LogP contribution in [0.3, 0.4) is 0 Å². The topological polar surface area (TPSA) is 65.3 Å². The van der Waals surface area contributed by atoms with Gasteiger partial charge in [-0.15, -0.1) is 11.3 Å². The molecule has 0 saturated carbocycles. The molecule has 0 aliphatic rings. The summed E-state index contributed by atoms with van der Waals surface area (Å²) in [4.78, 5) is 14.3. The molecule has 5 nitrogen and oxygen atoms in total. The number of ether oxygens (including phenoxy) is 1. The average Bonchev–Trinajstić information content (AvgIpc) is 2.62. The Labute approximate surface area is 83.1 Å². The van der Waals surface area contributed by atoms with Gasteiger partial charge in [0.25, 0.3) is 0 Å². The van der Waals surface area contributed by atoms with E-state index in [0.29, 0.717) is 10.2 Å². The van der Waals surface area contributed by atoms with E-state index in [1.54, 1.807) is 17.6 Å². The van der Waals surface area contributed by atoms with Crippen molar-refractivity contribution in [2.24, 2.45) is 0 Å². The van der Waals surface area contributed by atoms with Gasteiger partial charge in [-0.25, -0.2) is 4.98 Å². The summed E-state index contributed by atoms with van der Waals surface area (Å²) in [6.45, 7) is 0. The standard InChI is InChI=1S/C8H6N2O3S/c1-13-6-3-2-5-8(14-4-9-5)7(6)10(11)12/h2-4H,1H3. The zero-order chi connectivity index (χ0) is 10.1. The Bertz CT molecular complexity index is 494. The second-order valence-electron chi connectivity index (χ2n) is 2.57. The number of methoxy groups -OCH3 is 1. The van der Waals surface area contributed by atoms with Crippen LogP contribution in [-0.2, 0) is 0 Å². The first kappa shape index (κ1) is 8.89. The summed E-state index contributed by atoms with van der Waals surface area (Å²) in [6.07, 6.45) is 0. The van der Waals surface area contributed by atoms with Crippen LogP contribution in [0.1, 0.15) is 0 Å². The molecule has 0 bridgehead atoms. The van der Waals surface area contributed by atoms with Crippen LogP contribution in [-0.4, -0.2) is 17.0 Å². The summed E-state index contributed by atoms with van der Waals surface area (Å²) in [5.41, 5.74) is 2.20. The molecule has 1 aromatic carbocycles. The summed E-state index contributed by atoms with van der Waals surface area (Å²) in [5, 5.41) is 10.8. The maximum atomic E-state index is 10.8. The molecule has 6 heteroatoms. The number of thiazole rings is 1. The molecule has 0 N–H and O–H groups in total. The van der Waals surface area contributed by atoms with Crippen molar-refractivity contribution in [3.05, 3.63) is 27.8 Å². The van der Waals surface area contributed by atoms with Crippen LogP contribution in [0.2, 0.25) is 0 Å². The summed E-state index contributed by atoms with van der Waals surface area (Å²) in [6, 6.07) is 3.26. The smallest absolute Gasteiger partial charge is 0.330 e. The quantitative estimate of drug-likeness (QED) is 0.563. The van der Waals surface area contributed by atoms with Crippen LogP contribution >= 0.6 is 11.3 Å². The molecule has 0 saturated heterocycles.